The molecule has 4 fully saturated rings. The molecule has 0 radical (unpaired) electrons. The number of amides is 4. The van der Waals surface area contributed by atoms with Crippen molar-refractivity contribution in [2.24, 2.45) is 23.7 Å². The first-order valence-corrected chi connectivity index (χ1v) is 22.7. The van der Waals surface area contributed by atoms with Crippen LogP contribution in [0.5, 0.6) is 0 Å². The van der Waals surface area contributed by atoms with E-state index in [1.807, 2.05) is 49.9 Å². The van der Waals surface area contributed by atoms with Crippen molar-refractivity contribution < 1.29 is 28.7 Å². The lowest BCUT2D eigenvalue weighted by Gasteiger charge is -2.40. The average molecular weight is 861 g/mol. The van der Waals surface area contributed by atoms with Crippen LogP contribution in [0.15, 0.2) is 54.2 Å². The number of H-pyrrole nitrogens is 2. The van der Waals surface area contributed by atoms with E-state index in [1.54, 1.807) is 11.3 Å². The van der Waals surface area contributed by atoms with Crippen molar-refractivity contribution in [1.82, 2.24) is 40.4 Å². The normalized spacial score (nSPS) is 23.7. The Hall–Kier alpha value is -5.70. The third-order valence-corrected chi connectivity index (χ3v) is 15.3. The van der Waals surface area contributed by atoms with Gasteiger partial charge in [-0.25, -0.2) is 19.6 Å². The number of hydrogen-bond donors (Lipinski definition) is 4. The summed E-state index contributed by atoms with van der Waals surface area (Å²) < 4.78 is 10.9. The SMILES string of the molecule is COC(=O)N[C@H](C(=O)N1C[C@H]2CC[C@@]1(c1ncc(-c3ccc(-c4ccc(-c5cnc([C@@]67CC[C@H](CN6C(=O)[C@@H](NC(=O)OC)C(C)C)C7)[nH]5)c5scc(C)c45)cc3)[nH]1)C2)C(C)C. The fraction of sp³-hybridized carbons (Fsp3) is 0.489. The molecule has 2 aromatic carbocycles. The molecule has 4 bridgehead atoms. The van der Waals surface area contributed by atoms with E-state index >= 15 is 0 Å². The van der Waals surface area contributed by atoms with E-state index in [4.69, 9.17) is 19.4 Å². The molecule has 6 atom stereocenters. The van der Waals surface area contributed by atoms with Crippen molar-refractivity contribution in [1.29, 1.82) is 0 Å². The molecule has 2 saturated carbocycles. The summed E-state index contributed by atoms with van der Waals surface area (Å²) in [5, 5.41) is 8.93. The van der Waals surface area contributed by atoms with Gasteiger partial charge in [-0.3, -0.25) is 9.59 Å². The lowest BCUT2D eigenvalue weighted by Crippen LogP contribution is -2.56. The largest absolute Gasteiger partial charge is 0.453 e. The van der Waals surface area contributed by atoms with Gasteiger partial charge in [0.15, 0.2) is 0 Å². The first-order chi connectivity index (χ1) is 29.8. The van der Waals surface area contributed by atoms with E-state index in [9.17, 15) is 19.2 Å². The number of aromatic amines is 2. The van der Waals surface area contributed by atoms with Crippen LogP contribution in [0.1, 0.15) is 83.4 Å². The van der Waals surface area contributed by atoms with E-state index in [-0.39, 0.29) is 23.7 Å². The second kappa shape index (κ2) is 15.9. The lowest BCUT2D eigenvalue weighted by molar-refractivity contribution is -0.141. The minimum Gasteiger partial charge on any atom is -0.453 e. The molecular weight excluding hydrogens is 805 g/mol. The van der Waals surface area contributed by atoms with Gasteiger partial charge < -0.3 is 39.9 Å². The smallest absolute Gasteiger partial charge is 0.407 e. The molecule has 14 nitrogen and oxygen atoms in total. The number of methoxy groups -OCH3 is 2. The summed E-state index contributed by atoms with van der Waals surface area (Å²) in [5.41, 5.74) is 6.17. The van der Waals surface area contributed by atoms with Crippen molar-refractivity contribution >= 4 is 45.4 Å². The minimum absolute atomic E-state index is 0.101. The molecule has 326 valence electrons. The number of hydrogen-bond acceptors (Lipinski definition) is 9. The summed E-state index contributed by atoms with van der Waals surface area (Å²) in [5.74, 6) is 1.92. The third kappa shape index (κ3) is 6.83. The highest BCUT2D eigenvalue weighted by atomic mass is 32.1. The summed E-state index contributed by atoms with van der Waals surface area (Å²) in [6, 6.07) is 11.5. The van der Waals surface area contributed by atoms with Crippen LogP contribution < -0.4 is 10.6 Å². The molecular formula is C47H56N8O6S. The zero-order valence-electron chi connectivity index (χ0n) is 36.5. The molecule has 2 aliphatic carbocycles. The molecule has 9 rings (SSSR count). The fourth-order valence-electron chi connectivity index (χ4n) is 10.9. The number of nitrogens with zero attached hydrogens (tertiary/aromatic N) is 4. The monoisotopic (exact) mass is 860 g/mol. The number of alkyl carbamates (subject to hydrolysis) is 2. The molecule has 2 saturated heterocycles. The topological polar surface area (TPSA) is 175 Å². The molecule has 4 amide bonds. The van der Waals surface area contributed by atoms with Gasteiger partial charge in [0.1, 0.15) is 34.8 Å². The van der Waals surface area contributed by atoms with Crippen molar-refractivity contribution in [2.45, 2.75) is 96.3 Å². The number of benzene rings is 2. The number of carbonyl (C=O) groups excluding carboxylic acids is 4. The standard InChI is InChI=1S/C47H56N8O6S/c1-25(2)37(52-44(58)60-6)40(56)54-22-28-14-16-46(54,18-28)42-48-20-34(50-42)31-10-8-30(9-11-31)32-12-13-33(39-36(32)27(5)24-62-39)35-21-49-43(51-35)47-17-15-29(19-47)23-55(47)41(57)38(26(3)4)53-45(59)61-7/h8-13,20-21,24-26,28-29,37-38H,14-19,22-23H2,1-7H3,(H,48,50)(H,49,51)(H,52,58)(H,53,59)/t28-,29-,37-,38-,46-,47-/m0/s1. The number of thiophene rings is 1. The number of fused-ring (bicyclic) bond motifs is 5. The maximum atomic E-state index is 14.1. The number of piperidine rings is 2. The summed E-state index contributed by atoms with van der Waals surface area (Å²) in [6.07, 6.45) is 7.90. The maximum absolute atomic E-state index is 14.1. The Kier molecular flexibility index (Phi) is 10.7. The quantitative estimate of drug-likeness (QED) is 0.103. The Bertz CT molecular complexity index is 2540. The van der Waals surface area contributed by atoms with Gasteiger partial charge in [-0.15, -0.1) is 11.3 Å². The van der Waals surface area contributed by atoms with Crippen LogP contribution in [-0.4, -0.2) is 93.1 Å². The number of rotatable bonds is 11. The molecule has 5 heterocycles. The first kappa shape index (κ1) is 41.6. The van der Waals surface area contributed by atoms with Gasteiger partial charge >= 0.3 is 12.2 Å². The number of aromatic nitrogens is 4. The van der Waals surface area contributed by atoms with Gasteiger partial charge in [0.25, 0.3) is 0 Å². The predicted molar refractivity (Wildman–Crippen MR) is 237 cm³/mol. The lowest BCUT2D eigenvalue weighted by atomic mass is 9.93. The molecule has 2 aliphatic heterocycles. The molecule has 5 aromatic rings. The number of aryl methyl sites for hydroxylation is 1. The van der Waals surface area contributed by atoms with Crippen LogP contribution in [0, 0.1) is 30.6 Å². The minimum atomic E-state index is -0.697. The number of nitrogens with one attached hydrogen (secondary N) is 4. The predicted octanol–water partition coefficient (Wildman–Crippen LogP) is 8.09. The van der Waals surface area contributed by atoms with Gasteiger partial charge in [-0.1, -0.05) is 64.1 Å². The molecule has 15 heteroatoms. The van der Waals surface area contributed by atoms with Crippen molar-refractivity contribution in [3.05, 3.63) is 71.4 Å². The molecule has 0 spiro atoms. The Morgan fingerprint density at radius 1 is 0.726 bits per heavy atom. The Morgan fingerprint density at radius 3 is 1.71 bits per heavy atom. The van der Waals surface area contributed by atoms with Crippen LogP contribution in [0.25, 0.3) is 43.7 Å². The summed E-state index contributed by atoms with van der Waals surface area (Å²) in [4.78, 5) is 73.6. The fourth-order valence-corrected chi connectivity index (χ4v) is 12.0. The van der Waals surface area contributed by atoms with Crippen molar-refractivity contribution in [3.63, 3.8) is 0 Å². The molecule has 4 aliphatic rings. The molecule has 0 unspecified atom stereocenters. The second-order valence-electron chi connectivity index (χ2n) is 18.5. The summed E-state index contributed by atoms with van der Waals surface area (Å²) >= 11 is 1.72. The van der Waals surface area contributed by atoms with Crippen LogP contribution in [0.3, 0.4) is 0 Å². The van der Waals surface area contributed by atoms with E-state index in [0.717, 1.165) is 88.5 Å². The highest BCUT2D eigenvalue weighted by Crippen LogP contribution is 2.54. The van der Waals surface area contributed by atoms with E-state index in [2.05, 4.69) is 69.3 Å². The van der Waals surface area contributed by atoms with E-state index in [1.165, 1.54) is 25.2 Å². The Balaban J connectivity index is 0.967. The van der Waals surface area contributed by atoms with Gasteiger partial charge in [-0.05, 0) is 96.8 Å². The highest BCUT2D eigenvalue weighted by Gasteiger charge is 2.58. The zero-order chi connectivity index (χ0) is 43.7. The second-order valence-corrected chi connectivity index (χ2v) is 19.4. The number of imidazole rings is 2. The Morgan fingerprint density at radius 2 is 1.21 bits per heavy atom. The molecule has 62 heavy (non-hydrogen) atoms. The first-order valence-electron chi connectivity index (χ1n) is 21.8. The molecule has 4 N–H and O–H groups in total. The van der Waals surface area contributed by atoms with Crippen molar-refractivity contribution in [3.8, 4) is 33.6 Å². The zero-order valence-corrected chi connectivity index (χ0v) is 37.3. The highest BCUT2D eigenvalue weighted by molar-refractivity contribution is 7.18. The number of carbonyl (C=O) groups is 4. The summed E-state index contributed by atoms with van der Waals surface area (Å²) in [6.45, 7) is 11.2. The van der Waals surface area contributed by atoms with Gasteiger partial charge in [0.05, 0.1) is 38.0 Å². The van der Waals surface area contributed by atoms with E-state index in [0.29, 0.717) is 24.9 Å². The van der Waals surface area contributed by atoms with Crippen LogP contribution in [-0.2, 0) is 30.1 Å². The summed E-state index contributed by atoms with van der Waals surface area (Å²) in [7, 11) is 2.62. The van der Waals surface area contributed by atoms with Gasteiger partial charge in [0.2, 0.25) is 11.8 Å². The number of ether oxygens (including phenoxy) is 2. The van der Waals surface area contributed by atoms with Crippen molar-refractivity contribution in [2.75, 3.05) is 27.3 Å². The molecule has 3 aromatic heterocycles. The average Bonchev–Trinajstić information content (AvgIpc) is 4.14. The Labute approximate surface area is 365 Å². The van der Waals surface area contributed by atoms with E-state index < -0.39 is 35.3 Å². The number of likely N-dealkylation sites (tertiary alicyclic amines) is 2. The van der Waals surface area contributed by atoms with Gasteiger partial charge in [-0.2, -0.15) is 0 Å². The van der Waals surface area contributed by atoms with Crippen LogP contribution in [0.2, 0.25) is 0 Å². The third-order valence-electron chi connectivity index (χ3n) is 14.2. The van der Waals surface area contributed by atoms with Gasteiger partial charge in [0, 0.05) is 28.7 Å². The maximum Gasteiger partial charge on any atom is 0.407 e. The van der Waals surface area contributed by atoms with Crippen LogP contribution >= 0.6 is 11.3 Å². The van der Waals surface area contributed by atoms with Crippen LogP contribution in [0.4, 0.5) is 9.59 Å².